The van der Waals surface area contributed by atoms with Crippen molar-refractivity contribution in [3.8, 4) is 5.75 Å². The molecule has 0 atom stereocenters. The van der Waals surface area contributed by atoms with Crippen molar-refractivity contribution in [3.05, 3.63) is 23.3 Å². The highest BCUT2D eigenvalue weighted by Gasteiger charge is 2.03. The summed E-state index contributed by atoms with van der Waals surface area (Å²) in [6.45, 7) is 9.19. The summed E-state index contributed by atoms with van der Waals surface area (Å²) in [5.74, 6) is 0.843. The van der Waals surface area contributed by atoms with Crippen LogP contribution in [0.1, 0.15) is 25.0 Å². The molecule has 0 radical (unpaired) electrons. The van der Waals surface area contributed by atoms with Gasteiger partial charge in [0.2, 0.25) is 0 Å². The molecule has 0 saturated carbocycles. The van der Waals surface area contributed by atoms with E-state index in [9.17, 15) is 0 Å². The minimum atomic E-state index is 0.243. The fourth-order valence-electron chi connectivity index (χ4n) is 1.44. The molecule has 3 heteroatoms. The first-order chi connectivity index (χ1) is 7.50. The van der Waals surface area contributed by atoms with Gasteiger partial charge in [0.25, 0.3) is 0 Å². The lowest BCUT2D eigenvalue weighted by molar-refractivity contribution is 0.0551. The van der Waals surface area contributed by atoms with E-state index in [0.717, 1.165) is 22.6 Å². The van der Waals surface area contributed by atoms with Crippen molar-refractivity contribution in [2.75, 3.05) is 18.9 Å². The molecule has 0 amide bonds. The number of nitrogens with two attached hydrogens (primary N) is 1. The van der Waals surface area contributed by atoms with Crippen molar-refractivity contribution >= 4 is 5.69 Å². The van der Waals surface area contributed by atoms with Gasteiger partial charge in [0, 0.05) is 11.8 Å². The zero-order chi connectivity index (χ0) is 12.1. The summed E-state index contributed by atoms with van der Waals surface area (Å²) in [4.78, 5) is 0. The predicted molar refractivity (Wildman–Crippen MR) is 66.9 cm³/mol. The van der Waals surface area contributed by atoms with Gasteiger partial charge in [0.15, 0.2) is 0 Å². The van der Waals surface area contributed by atoms with E-state index in [4.69, 9.17) is 15.2 Å². The van der Waals surface area contributed by atoms with Crippen LogP contribution in [-0.4, -0.2) is 19.3 Å². The van der Waals surface area contributed by atoms with Crippen molar-refractivity contribution in [1.82, 2.24) is 0 Å². The molecule has 16 heavy (non-hydrogen) atoms. The van der Waals surface area contributed by atoms with Gasteiger partial charge >= 0.3 is 0 Å². The van der Waals surface area contributed by atoms with Crippen LogP contribution in [0, 0.1) is 13.8 Å². The summed E-state index contributed by atoms with van der Waals surface area (Å²) in [5, 5.41) is 0. The molecule has 1 rings (SSSR count). The van der Waals surface area contributed by atoms with Crippen molar-refractivity contribution in [3.63, 3.8) is 0 Å². The first kappa shape index (κ1) is 12.8. The third-order valence-corrected chi connectivity index (χ3v) is 2.36. The summed E-state index contributed by atoms with van der Waals surface area (Å²) in [6.07, 6.45) is 0.243. The predicted octanol–water partition coefficient (Wildman–Crippen LogP) is 2.69. The van der Waals surface area contributed by atoms with Crippen molar-refractivity contribution < 1.29 is 9.47 Å². The Bertz CT molecular complexity index is 348. The third-order valence-electron chi connectivity index (χ3n) is 2.36. The number of anilines is 1. The first-order valence-corrected chi connectivity index (χ1v) is 5.62. The maximum Gasteiger partial charge on any atom is 0.124 e. The highest BCUT2D eigenvalue weighted by atomic mass is 16.5. The van der Waals surface area contributed by atoms with Gasteiger partial charge in [-0.15, -0.1) is 0 Å². The van der Waals surface area contributed by atoms with Crippen molar-refractivity contribution in [2.45, 2.75) is 33.8 Å². The van der Waals surface area contributed by atoms with Crippen molar-refractivity contribution in [1.29, 1.82) is 0 Å². The van der Waals surface area contributed by atoms with E-state index in [1.165, 1.54) is 0 Å². The van der Waals surface area contributed by atoms with Crippen LogP contribution >= 0.6 is 0 Å². The standard InChI is InChI=1S/C13H21NO2/c1-9(2)15-5-6-16-13-8-12(14)10(3)7-11(13)4/h7-9H,5-6,14H2,1-4H3. The van der Waals surface area contributed by atoms with Gasteiger partial charge < -0.3 is 15.2 Å². The smallest absolute Gasteiger partial charge is 0.124 e. The normalized spacial score (nSPS) is 10.8. The number of ether oxygens (including phenoxy) is 2. The highest BCUT2D eigenvalue weighted by Crippen LogP contribution is 2.24. The van der Waals surface area contributed by atoms with Crippen LogP contribution < -0.4 is 10.5 Å². The summed E-state index contributed by atoms with van der Waals surface area (Å²) in [7, 11) is 0. The molecule has 0 saturated heterocycles. The van der Waals surface area contributed by atoms with E-state index in [1.54, 1.807) is 0 Å². The molecule has 2 N–H and O–H groups in total. The van der Waals surface area contributed by atoms with Crippen LogP contribution in [0.25, 0.3) is 0 Å². The Morgan fingerprint density at radius 2 is 1.81 bits per heavy atom. The largest absolute Gasteiger partial charge is 0.491 e. The maximum atomic E-state index is 5.83. The second kappa shape index (κ2) is 5.75. The van der Waals surface area contributed by atoms with E-state index >= 15 is 0 Å². The number of rotatable bonds is 5. The Morgan fingerprint density at radius 1 is 1.12 bits per heavy atom. The topological polar surface area (TPSA) is 44.5 Å². The van der Waals surface area contributed by atoms with Gasteiger partial charge in [-0.2, -0.15) is 0 Å². The lowest BCUT2D eigenvalue weighted by atomic mass is 10.1. The van der Waals surface area contributed by atoms with E-state index < -0.39 is 0 Å². The SMILES string of the molecule is Cc1cc(C)c(OCCOC(C)C)cc1N. The lowest BCUT2D eigenvalue weighted by Crippen LogP contribution is -2.11. The van der Waals surface area contributed by atoms with Crippen LogP contribution in [0.3, 0.4) is 0 Å². The molecule has 0 aliphatic carbocycles. The van der Waals surface area contributed by atoms with Crippen LogP contribution in [0.15, 0.2) is 12.1 Å². The van der Waals surface area contributed by atoms with E-state index in [-0.39, 0.29) is 6.10 Å². The molecule has 0 aliphatic rings. The average Bonchev–Trinajstić information content (AvgIpc) is 2.19. The maximum absolute atomic E-state index is 5.83. The lowest BCUT2D eigenvalue weighted by Gasteiger charge is -2.12. The fourth-order valence-corrected chi connectivity index (χ4v) is 1.44. The number of aryl methyl sites for hydroxylation is 2. The Kier molecular flexibility index (Phi) is 4.62. The van der Waals surface area contributed by atoms with Gasteiger partial charge in [0.1, 0.15) is 12.4 Å². The molecule has 0 spiro atoms. The van der Waals surface area contributed by atoms with E-state index in [0.29, 0.717) is 13.2 Å². The van der Waals surface area contributed by atoms with Gasteiger partial charge in [-0.25, -0.2) is 0 Å². The van der Waals surface area contributed by atoms with Gasteiger partial charge in [-0.05, 0) is 38.8 Å². The second-order valence-electron chi connectivity index (χ2n) is 4.24. The second-order valence-corrected chi connectivity index (χ2v) is 4.24. The molecule has 0 bridgehead atoms. The number of hydrogen-bond acceptors (Lipinski definition) is 3. The van der Waals surface area contributed by atoms with E-state index in [1.807, 2.05) is 39.8 Å². The van der Waals surface area contributed by atoms with Gasteiger partial charge in [-0.3, -0.25) is 0 Å². The quantitative estimate of drug-likeness (QED) is 0.616. The highest BCUT2D eigenvalue weighted by molar-refractivity contribution is 5.54. The van der Waals surface area contributed by atoms with Gasteiger partial charge in [0.05, 0.1) is 12.7 Å². The van der Waals surface area contributed by atoms with Crippen LogP contribution in [-0.2, 0) is 4.74 Å². The van der Waals surface area contributed by atoms with Crippen LogP contribution in [0.2, 0.25) is 0 Å². The molecule has 90 valence electrons. The Hall–Kier alpha value is -1.22. The molecule has 0 aliphatic heterocycles. The molecule has 0 heterocycles. The zero-order valence-electron chi connectivity index (χ0n) is 10.5. The van der Waals surface area contributed by atoms with Gasteiger partial charge in [-0.1, -0.05) is 6.07 Å². The fraction of sp³-hybridized carbons (Fsp3) is 0.538. The first-order valence-electron chi connectivity index (χ1n) is 5.62. The molecule has 1 aromatic rings. The van der Waals surface area contributed by atoms with Crippen LogP contribution in [0.4, 0.5) is 5.69 Å². The average molecular weight is 223 g/mol. The number of benzene rings is 1. The summed E-state index contributed by atoms with van der Waals surface area (Å²) < 4.78 is 11.0. The molecule has 3 nitrogen and oxygen atoms in total. The van der Waals surface area contributed by atoms with E-state index in [2.05, 4.69) is 0 Å². The van der Waals surface area contributed by atoms with Crippen LogP contribution in [0.5, 0.6) is 5.75 Å². The summed E-state index contributed by atoms with van der Waals surface area (Å²) in [6, 6.07) is 3.91. The summed E-state index contributed by atoms with van der Waals surface area (Å²) in [5.41, 5.74) is 8.79. The minimum absolute atomic E-state index is 0.243. The van der Waals surface area contributed by atoms with Crippen molar-refractivity contribution in [2.24, 2.45) is 0 Å². The zero-order valence-corrected chi connectivity index (χ0v) is 10.5. The summed E-state index contributed by atoms with van der Waals surface area (Å²) >= 11 is 0. The molecular weight excluding hydrogens is 202 g/mol. The minimum Gasteiger partial charge on any atom is -0.491 e. The molecule has 0 aromatic heterocycles. The monoisotopic (exact) mass is 223 g/mol. The third kappa shape index (κ3) is 3.74. The molecular formula is C13H21NO2. The number of hydrogen-bond donors (Lipinski definition) is 1. The molecule has 0 fully saturated rings. The Labute approximate surface area is 97.6 Å². The Morgan fingerprint density at radius 3 is 2.44 bits per heavy atom. The number of nitrogen functional groups attached to an aromatic ring is 1. The Balaban J connectivity index is 2.51. The molecule has 1 aromatic carbocycles. The molecule has 0 unspecified atom stereocenters.